The Hall–Kier alpha value is -1.43. The summed E-state index contributed by atoms with van der Waals surface area (Å²) in [6, 6.07) is 5.94. The first-order valence-corrected chi connectivity index (χ1v) is 11.0. The molecule has 0 amide bonds. The van der Waals surface area contributed by atoms with Gasteiger partial charge >= 0.3 is 0 Å². The van der Waals surface area contributed by atoms with Gasteiger partial charge in [-0.05, 0) is 36.3 Å². The van der Waals surface area contributed by atoms with Gasteiger partial charge in [-0.15, -0.1) is 0 Å². The molecule has 0 atom stereocenters. The molecular weight excluding hydrogens is 302 g/mol. The number of hydrogen-bond donors (Lipinski definition) is 1. The molecule has 128 valence electrons. The Bertz CT molecular complexity index is 549. The minimum absolute atomic E-state index is 0.192. The number of hydrazine groups is 1. The maximum Gasteiger partial charge on any atom is 0.192 e. The van der Waals surface area contributed by atoms with E-state index in [9.17, 15) is 0 Å². The van der Waals surface area contributed by atoms with Gasteiger partial charge in [-0.3, -0.25) is 5.01 Å². The topological polar surface area (TPSA) is 37.4 Å². The third kappa shape index (κ3) is 5.30. The van der Waals surface area contributed by atoms with Crippen molar-refractivity contribution in [2.75, 3.05) is 11.6 Å². The summed E-state index contributed by atoms with van der Waals surface area (Å²) in [5.41, 5.74) is 4.93. The molecule has 0 fully saturated rings. The van der Waals surface area contributed by atoms with Gasteiger partial charge in [0.15, 0.2) is 8.32 Å². The van der Waals surface area contributed by atoms with E-state index in [4.69, 9.17) is 9.41 Å². The molecule has 0 saturated carbocycles. The summed E-state index contributed by atoms with van der Waals surface area (Å²) in [5.74, 6) is 0.799. The van der Waals surface area contributed by atoms with E-state index in [0.29, 0.717) is 6.61 Å². The first kappa shape index (κ1) is 19.6. The van der Waals surface area contributed by atoms with Crippen LogP contribution in [-0.2, 0) is 11.0 Å². The van der Waals surface area contributed by atoms with Crippen molar-refractivity contribution in [3.8, 4) is 0 Å². The standard InChI is InChI=1S/C18H31N3OSi/c1-9-15(3)21(19-10-2)17-13-11-12-16(20-17)14-22-23(7,8)18(4,5)6/h9,11-13,19H,1,3,10,14H2,2,4-8H3. The first-order valence-electron chi connectivity index (χ1n) is 8.07. The lowest BCUT2D eigenvalue weighted by Gasteiger charge is -2.36. The molecule has 0 bridgehead atoms. The molecule has 23 heavy (non-hydrogen) atoms. The smallest absolute Gasteiger partial charge is 0.192 e. The van der Waals surface area contributed by atoms with E-state index in [1.807, 2.05) is 30.1 Å². The molecule has 1 aromatic rings. The Morgan fingerprint density at radius 1 is 1.39 bits per heavy atom. The number of aromatic nitrogens is 1. The van der Waals surface area contributed by atoms with Crippen LogP contribution in [-0.4, -0.2) is 19.8 Å². The average Bonchev–Trinajstić information content (AvgIpc) is 2.49. The molecule has 1 N–H and O–H groups in total. The molecule has 0 spiro atoms. The summed E-state index contributed by atoms with van der Waals surface area (Å²) in [6.45, 7) is 22.3. The number of anilines is 1. The average molecular weight is 334 g/mol. The highest BCUT2D eigenvalue weighted by Gasteiger charge is 2.37. The van der Waals surface area contributed by atoms with E-state index in [0.717, 1.165) is 23.8 Å². The maximum absolute atomic E-state index is 6.26. The Morgan fingerprint density at radius 2 is 2.04 bits per heavy atom. The van der Waals surface area contributed by atoms with Gasteiger partial charge in [0.2, 0.25) is 0 Å². The molecule has 1 heterocycles. The van der Waals surface area contributed by atoms with Gasteiger partial charge in [0.1, 0.15) is 5.82 Å². The van der Waals surface area contributed by atoms with Gasteiger partial charge in [0.05, 0.1) is 18.0 Å². The minimum atomic E-state index is -1.78. The van der Waals surface area contributed by atoms with Crippen LogP contribution in [0.5, 0.6) is 0 Å². The predicted octanol–water partition coefficient (Wildman–Crippen LogP) is 4.63. The first-order chi connectivity index (χ1) is 10.6. The van der Waals surface area contributed by atoms with Crippen molar-refractivity contribution in [2.24, 2.45) is 0 Å². The van der Waals surface area contributed by atoms with Gasteiger partial charge in [-0.2, -0.15) is 0 Å². The lowest BCUT2D eigenvalue weighted by molar-refractivity contribution is 0.272. The fraction of sp³-hybridized carbons (Fsp3) is 0.500. The highest BCUT2D eigenvalue weighted by atomic mass is 28.4. The Balaban J connectivity index is 2.92. The van der Waals surface area contributed by atoms with Crippen LogP contribution in [0, 0.1) is 0 Å². The highest BCUT2D eigenvalue weighted by molar-refractivity contribution is 6.74. The number of nitrogens with one attached hydrogen (secondary N) is 1. The summed E-state index contributed by atoms with van der Waals surface area (Å²) in [5, 5.41) is 2.04. The number of allylic oxidation sites excluding steroid dienone is 1. The third-order valence-electron chi connectivity index (χ3n) is 4.25. The highest BCUT2D eigenvalue weighted by Crippen LogP contribution is 2.37. The van der Waals surface area contributed by atoms with Crippen LogP contribution in [0.4, 0.5) is 5.82 Å². The van der Waals surface area contributed by atoms with Gasteiger partial charge in [-0.1, -0.05) is 46.9 Å². The molecule has 0 saturated heterocycles. The van der Waals surface area contributed by atoms with Gasteiger partial charge < -0.3 is 4.43 Å². The van der Waals surface area contributed by atoms with Crippen LogP contribution in [0.15, 0.2) is 43.1 Å². The number of nitrogens with zero attached hydrogens (tertiary/aromatic N) is 2. The molecule has 5 heteroatoms. The van der Waals surface area contributed by atoms with Crippen LogP contribution in [0.3, 0.4) is 0 Å². The molecule has 0 aliphatic carbocycles. The van der Waals surface area contributed by atoms with Crippen molar-refractivity contribution in [3.05, 3.63) is 48.8 Å². The Morgan fingerprint density at radius 3 is 2.57 bits per heavy atom. The summed E-state index contributed by atoms with van der Waals surface area (Å²) >= 11 is 0. The second-order valence-electron chi connectivity index (χ2n) is 7.08. The van der Waals surface area contributed by atoms with E-state index in [1.54, 1.807) is 6.08 Å². The number of hydrogen-bond acceptors (Lipinski definition) is 4. The largest absolute Gasteiger partial charge is 0.411 e. The molecule has 4 nitrogen and oxygen atoms in total. The minimum Gasteiger partial charge on any atom is -0.411 e. The van der Waals surface area contributed by atoms with Crippen molar-refractivity contribution >= 4 is 14.1 Å². The quantitative estimate of drug-likeness (QED) is 0.427. The van der Waals surface area contributed by atoms with Crippen LogP contribution in [0.2, 0.25) is 18.1 Å². The van der Waals surface area contributed by atoms with Crippen LogP contribution in [0.1, 0.15) is 33.4 Å². The number of pyridine rings is 1. The van der Waals surface area contributed by atoms with Crippen LogP contribution in [0.25, 0.3) is 0 Å². The molecular formula is C18H31N3OSi. The maximum atomic E-state index is 6.26. The zero-order valence-corrected chi connectivity index (χ0v) is 16.4. The van der Waals surface area contributed by atoms with E-state index >= 15 is 0 Å². The third-order valence-corrected chi connectivity index (χ3v) is 8.73. The lowest BCUT2D eigenvalue weighted by atomic mass is 10.2. The Kier molecular flexibility index (Phi) is 6.74. The van der Waals surface area contributed by atoms with E-state index < -0.39 is 8.32 Å². The normalized spacial score (nSPS) is 12.1. The second-order valence-corrected chi connectivity index (χ2v) is 11.9. The fourth-order valence-electron chi connectivity index (χ4n) is 1.72. The van der Waals surface area contributed by atoms with Crippen LogP contribution >= 0.6 is 0 Å². The van der Waals surface area contributed by atoms with Gasteiger partial charge in [0, 0.05) is 6.54 Å². The molecule has 0 aliphatic rings. The summed E-state index contributed by atoms with van der Waals surface area (Å²) in [6.07, 6.45) is 1.71. The summed E-state index contributed by atoms with van der Waals surface area (Å²) in [4.78, 5) is 4.70. The zero-order chi connectivity index (χ0) is 17.7. The molecule has 0 unspecified atom stereocenters. The van der Waals surface area contributed by atoms with E-state index in [-0.39, 0.29) is 5.04 Å². The van der Waals surface area contributed by atoms with Crippen molar-refractivity contribution in [2.45, 2.75) is 52.4 Å². The summed E-state index contributed by atoms with van der Waals surface area (Å²) in [7, 11) is -1.78. The van der Waals surface area contributed by atoms with Crippen molar-refractivity contribution < 1.29 is 4.43 Å². The molecule has 0 aromatic carbocycles. The zero-order valence-electron chi connectivity index (χ0n) is 15.4. The summed E-state index contributed by atoms with van der Waals surface area (Å²) < 4.78 is 6.26. The van der Waals surface area contributed by atoms with Gasteiger partial charge in [0.25, 0.3) is 0 Å². The molecule has 0 radical (unpaired) electrons. The second kappa shape index (κ2) is 7.90. The molecule has 1 rings (SSSR count). The van der Waals surface area contributed by atoms with Crippen LogP contribution < -0.4 is 10.4 Å². The van der Waals surface area contributed by atoms with E-state index in [1.165, 1.54) is 0 Å². The van der Waals surface area contributed by atoms with E-state index in [2.05, 4.69) is 52.4 Å². The van der Waals surface area contributed by atoms with Gasteiger partial charge in [-0.25, -0.2) is 10.4 Å². The molecule has 1 aromatic heterocycles. The van der Waals surface area contributed by atoms with Crippen molar-refractivity contribution in [1.82, 2.24) is 10.4 Å². The fourth-order valence-corrected chi connectivity index (χ4v) is 2.66. The monoisotopic (exact) mass is 333 g/mol. The van der Waals surface area contributed by atoms with Crippen molar-refractivity contribution in [3.63, 3.8) is 0 Å². The predicted molar refractivity (Wildman–Crippen MR) is 102 cm³/mol. The number of rotatable bonds is 8. The SMILES string of the molecule is C=CC(=C)N(NCC)c1cccc(CO[Si](C)(C)C(C)(C)C)n1. The Labute approximate surface area is 142 Å². The molecule has 0 aliphatic heterocycles. The van der Waals surface area contributed by atoms with Crippen molar-refractivity contribution in [1.29, 1.82) is 0 Å². The lowest BCUT2D eigenvalue weighted by Crippen LogP contribution is -2.40.